The van der Waals surface area contributed by atoms with E-state index in [0.717, 1.165) is 11.1 Å². The van der Waals surface area contributed by atoms with Gasteiger partial charge >= 0.3 is 12.2 Å². The lowest BCUT2D eigenvalue weighted by molar-refractivity contribution is -0.144. The van der Waals surface area contributed by atoms with E-state index in [9.17, 15) is 19.2 Å². The second-order valence-corrected chi connectivity index (χ2v) is 9.29. The highest BCUT2D eigenvalue weighted by atomic mass is 16.6. The zero-order chi connectivity index (χ0) is 25.7. The SMILES string of the molecule is CC[C@@H](C(=O)N1C(=O)OC[C@@H]1Cc1ccccc1)[C@@H](CC)C(=O)N1C(=O)OC[C@@H]1Cc1ccccc1. The van der Waals surface area contributed by atoms with Crippen LogP contribution in [-0.4, -0.2) is 59.1 Å². The predicted molar refractivity (Wildman–Crippen MR) is 132 cm³/mol. The van der Waals surface area contributed by atoms with Gasteiger partial charge in [0.05, 0.1) is 23.9 Å². The minimum atomic E-state index is -0.766. The van der Waals surface area contributed by atoms with Gasteiger partial charge in [-0.1, -0.05) is 74.5 Å². The molecule has 0 aliphatic carbocycles. The number of rotatable bonds is 9. The molecular formula is C28H32N2O6. The molecule has 0 bridgehead atoms. The zero-order valence-corrected chi connectivity index (χ0v) is 20.7. The summed E-state index contributed by atoms with van der Waals surface area (Å²) in [5.41, 5.74) is 1.97. The molecule has 2 heterocycles. The molecule has 2 aromatic carbocycles. The number of ether oxygens (including phenoxy) is 2. The van der Waals surface area contributed by atoms with Gasteiger partial charge in [0.15, 0.2) is 0 Å². The Hall–Kier alpha value is -3.68. The van der Waals surface area contributed by atoms with Crippen molar-refractivity contribution in [1.29, 1.82) is 0 Å². The molecule has 0 spiro atoms. The maximum absolute atomic E-state index is 13.7. The summed E-state index contributed by atoms with van der Waals surface area (Å²) in [6.07, 6.45) is 0.246. The first-order valence-corrected chi connectivity index (χ1v) is 12.5. The molecule has 2 fully saturated rings. The molecule has 0 N–H and O–H groups in total. The fourth-order valence-corrected chi connectivity index (χ4v) is 5.15. The summed E-state index contributed by atoms with van der Waals surface area (Å²) < 4.78 is 10.5. The molecule has 0 aromatic heterocycles. The molecule has 8 heteroatoms. The highest BCUT2D eigenvalue weighted by Gasteiger charge is 2.47. The first-order valence-electron chi connectivity index (χ1n) is 12.5. The number of hydrogen-bond donors (Lipinski definition) is 0. The molecule has 8 nitrogen and oxygen atoms in total. The van der Waals surface area contributed by atoms with Gasteiger partial charge in [-0.2, -0.15) is 0 Å². The number of imide groups is 2. The topological polar surface area (TPSA) is 93.2 Å². The van der Waals surface area contributed by atoms with Gasteiger partial charge in [-0.25, -0.2) is 19.4 Å². The van der Waals surface area contributed by atoms with E-state index in [-0.39, 0.29) is 13.2 Å². The lowest BCUT2D eigenvalue weighted by Gasteiger charge is -2.31. The smallest absolute Gasteiger partial charge is 0.416 e. The quantitative estimate of drug-likeness (QED) is 0.520. The van der Waals surface area contributed by atoms with Crippen LogP contribution < -0.4 is 0 Å². The predicted octanol–water partition coefficient (Wildman–Crippen LogP) is 4.22. The van der Waals surface area contributed by atoms with Crippen LogP contribution in [0.2, 0.25) is 0 Å². The van der Waals surface area contributed by atoms with Crippen molar-refractivity contribution in [3.8, 4) is 0 Å². The van der Waals surface area contributed by atoms with Crippen molar-refractivity contribution in [1.82, 2.24) is 9.80 Å². The number of hydrogen-bond acceptors (Lipinski definition) is 6. The number of benzene rings is 2. The lowest BCUT2D eigenvalue weighted by atomic mass is 9.84. The molecular weight excluding hydrogens is 460 g/mol. The Morgan fingerprint density at radius 2 is 1.08 bits per heavy atom. The van der Waals surface area contributed by atoms with Gasteiger partial charge in [0.1, 0.15) is 13.2 Å². The van der Waals surface area contributed by atoms with Crippen molar-refractivity contribution in [2.24, 2.45) is 11.8 Å². The summed E-state index contributed by atoms with van der Waals surface area (Å²) in [5, 5.41) is 0. The van der Waals surface area contributed by atoms with E-state index < -0.39 is 47.9 Å². The van der Waals surface area contributed by atoms with E-state index in [1.165, 1.54) is 9.80 Å². The summed E-state index contributed by atoms with van der Waals surface area (Å²) in [6, 6.07) is 18.3. The van der Waals surface area contributed by atoms with Crippen molar-refractivity contribution in [2.45, 2.75) is 51.6 Å². The molecule has 2 saturated heterocycles. The van der Waals surface area contributed by atoms with E-state index in [1.807, 2.05) is 74.5 Å². The molecule has 36 heavy (non-hydrogen) atoms. The monoisotopic (exact) mass is 492 g/mol. The van der Waals surface area contributed by atoms with E-state index in [4.69, 9.17) is 9.47 Å². The van der Waals surface area contributed by atoms with Crippen molar-refractivity contribution < 1.29 is 28.7 Å². The van der Waals surface area contributed by atoms with Crippen LogP contribution in [-0.2, 0) is 31.9 Å². The van der Waals surface area contributed by atoms with Crippen molar-refractivity contribution in [2.75, 3.05) is 13.2 Å². The van der Waals surface area contributed by atoms with Gasteiger partial charge in [-0.15, -0.1) is 0 Å². The number of amides is 4. The molecule has 2 aliphatic rings. The average Bonchev–Trinajstić information content (AvgIpc) is 3.44. The third-order valence-corrected chi connectivity index (χ3v) is 7.03. The Kier molecular flexibility index (Phi) is 8.03. The Labute approximate surface area is 211 Å². The maximum atomic E-state index is 13.7. The molecule has 0 saturated carbocycles. The third-order valence-electron chi connectivity index (χ3n) is 7.03. The Morgan fingerprint density at radius 3 is 1.42 bits per heavy atom. The van der Waals surface area contributed by atoms with E-state index in [2.05, 4.69) is 0 Å². The fourth-order valence-electron chi connectivity index (χ4n) is 5.15. The highest BCUT2D eigenvalue weighted by molar-refractivity contribution is 6.00. The Morgan fingerprint density at radius 1 is 0.722 bits per heavy atom. The molecule has 4 atom stereocenters. The van der Waals surface area contributed by atoms with E-state index >= 15 is 0 Å². The van der Waals surface area contributed by atoms with Gasteiger partial charge in [0.25, 0.3) is 0 Å². The minimum Gasteiger partial charge on any atom is -0.447 e. The van der Waals surface area contributed by atoms with Crippen LogP contribution in [0.4, 0.5) is 9.59 Å². The molecule has 0 unspecified atom stereocenters. The molecule has 0 radical (unpaired) electrons. The maximum Gasteiger partial charge on any atom is 0.416 e. The van der Waals surface area contributed by atoms with Gasteiger partial charge < -0.3 is 9.47 Å². The molecule has 4 rings (SSSR count). The Balaban J connectivity index is 1.53. The summed E-state index contributed by atoms with van der Waals surface area (Å²) in [6.45, 7) is 3.85. The average molecular weight is 493 g/mol. The van der Waals surface area contributed by atoms with Crippen molar-refractivity contribution >= 4 is 24.0 Å². The van der Waals surface area contributed by atoms with Crippen LogP contribution in [0, 0.1) is 11.8 Å². The molecule has 2 aliphatic heterocycles. The van der Waals surface area contributed by atoms with Crippen LogP contribution in [0.25, 0.3) is 0 Å². The number of carbonyl (C=O) groups is 4. The van der Waals surface area contributed by atoms with Crippen LogP contribution >= 0.6 is 0 Å². The zero-order valence-electron chi connectivity index (χ0n) is 20.7. The summed E-state index contributed by atoms with van der Waals surface area (Å²) in [4.78, 5) is 54.9. The first kappa shape index (κ1) is 25.4. The van der Waals surface area contributed by atoms with Crippen LogP contribution in [0.15, 0.2) is 60.7 Å². The largest absolute Gasteiger partial charge is 0.447 e. The Bertz CT molecular complexity index is 1000. The van der Waals surface area contributed by atoms with Crippen LogP contribution in [0.3, 0.4) is 0 Å². The molecule has 4 amide bonds. The third kappa shape index (κ3) is 5.27. The number of cyclic esters (lactones) is 2. The van der Waals surface area contributed by atoms with Gasteiger partial charge in [-0.05, 0) is 36.8 Å². The molecule has 2 aromatic rings. The van der Waals surface area contributed by atoms with E-state index in [1.54, 1.807) is 0 Å². The van der Waals surface area contributed by atoms with E-state index in [0.29, 0.717) is 25.7 Å². The number of carbonyl (C=O) groups excluding carboxylic acids is 4. The van der Waals surface area contributed by atoms with Gasteiger partial charge in [-0.3, -0.25) is 9.59 Å². The first-order chi connectivity index (χ1) is 17.4. The normalized spacial score (nSPS) is 21.2. The van der Waals surface area contributed by atoms with Crippen LogP contribution in [0.5, 0.6) is 0 Å². The van der Waals surface area contributed by atoms with Gasteiger partial charge in [0.2, 0.25) is 11.8 Å². The second-order valence-electron chi connectivity index (χ2n) is 9.29. The second kappa shape index (κ2) is 11.4. The highest BCUT2D eigenvalue weighted by Crippen LogP contribution is 2.30. The summed E-state index contributed by atoms with van der Waals surface area (Å²) in [7, 11) is 0. The summed E-state index contributed by atoms with van der Waals surface area (Å²) >= 11 is 0. The van der Waals surface area contributed by atoms with Crippen molar-refractivity contribution in [3.05, 3.63) is 71.8 Å². The summed E-state index contributed by atoms with van der Waals surface area (Å²) in [5.74, 6) is -2.41. The molecule has 190 valence electrons. The van der Waals surface area contributed by atoms with Gasteiger partial charge in [0, 0.05) is 0 Å². The fraction of sp³-hybridized carbons (Fsp3) is 0.429. The number of nitrogens with zero attached hydrogens (tertiary/aromatic N) is 2. The standard InChI is InChI=1S/C28H32N2O6/c1-3-23(25(31)29-21(17-35-27(29)33)15-19-11-7-5-8-12-19)24(4-2)26(32)30-22(18-36-28(30)34)16-20-13-9-6-10-14-20/h5-14,21-24H,3-4,15-18H2,1-2H3/t21-,22-,23+,24+/m0/s1. The van der Waals surface area contributed by atoms with Crippen LogP contribution in [0.1, 0.15) is 37.8 Å². The van der Waals surface area contributed by atoms with Crippen molar-refractivity contribution in [3.63, 3.8) is 0 Å². The lowest BCUT2D eigenvalue weighted by Crippen LogP contribution is -2.50. The minimum absolute atomic E-state index is 0.109.